The smallest absolute Gasteiger partial charge is 0.319 e. The second-order valence-corrected chi connectivity index (χ2v) is 7.87. The number of hydrogen-bond donors (Lipinski definition) is 2. The summed E-state index contributed by atoms with van der Waals surface area (Å²) in [4.78, 5) is 26.6. The largest absolute Gasteiger partial charge is 0.486 e. The monoisotopic (exact) mass is 439 g/mol. The van der Waals surface area contributed by atoms with Gasteiger partial charge in [-0.05, 0) is 60.7 Å². The number of piperidine rings is 1. The van der Waals surface area contributed by atoms with Gasteiger partial charge in [0.25, 0.3) is 0 Å². The van der Waals surface area contributed by atoms with Crippen molar-refractivity contribution in [2.75, 3.05) is 38.2 Å². The van der Waals surface area contributed by atoms with Crippen LogP contribution in [-0.2, 0) is 4.79 Å². The van der Waals surface area contributed by atoms with Crippen molar-refractivity contribution in [3.63, 3.8) is 0 Å². The molecule has 2 aromatic rings. The first-order valence-electron chi connectivity index (χ1n) is 10.7. The Morgan fingerprint density at radius 2 is 1.97 bits per heavy atom. The highest BCUT2D eigenvalue weighted by Gasteiger charge is 2.23. The summed E-state index contributed by atoms with van der Waals surface area (Å²) < 4.78 is 24.3. The zero-order valence-electron chi connectivity index (χ0n) is 17.7. The number of nitrogens with one attached hydrogen (secondary N) is 2. The highest BCUT2D eigenvalue weighted by molar-refractivity contribution is 5.92. The Hall–Kier alpha value is -3.55. The summed E-state index contributed by atoms with van der Waals surface area (Å²) in [5.74, 6) is 1.09. The van der Waals surface area contributed by atoms with Crippen LogP contribution in [-0.4, -0.2) is 49.7 Å². The highest BCUT2D eigenvalue weighted by Crippen LogP contribution is 2.31. The lowest BCUT2D eigenvalue weighted by Crippen LogP contribution is -2.43. The van der Waals surface area contributed by atoms with Gasteiger partial charge in [-0.25, -0.2) is 9.18 Å². The van der Waals surface area contributed by atoms with Gasteiger partial charge < -0.3 is 25.0 Å². The van der Waals surface area contributed by atoms with Crippen LogP contribution >= 0.6 is 0 Å². The lowest BCUT2D eigenvalue weighted by molar-refractivity contribution is -0.127. The summed E-state index contributed by atoms with van der Waals surface area (Å²) in [7, 11) is 0. The van der Waals surface area contributed by atoms with Gasteiger partial charge in [0.05, 0.1) is 0 Å². The van der Waals surface area contributed by atoms with Crippen LogP contribution in [0.2, 0.25) is 0 Å². The van der Waals surface area contributed by atoms with E-state index in [0.717, 1.165) is 18.4 Å². The Morgan fingerprint density at radius 1 is 1.12 bits per heavy atom. The Bertz CT molecular complexity index is 1010. The first kappa shape index (κ1) is 21.7. The maximum Gasteiger partial charge on any atom is 0.319 e. The molecule has 0 bridgehead atoms. The predicted octanol–water partition coefficient (Wildman–Crippen LogP) is 3.67. The van der Waals surface area contributed by atoms with E-state index in [1.807, 2.05) is 18.2 Å². The van der Waals surface area contributed by atoms with Gasteiger partial charge in [-0.1, -0.05) is 12.1 Å². The number of amides is 3. The lowest BCUT2D eigenvalue weighted by Gasteiger charge is -2.32. The summed E-state index contributed by atoms with van der Waals surface area (Å²) >= 11 is 0. The second-order valence-electron chi connectivity index (χ2n) is 7.87. The number of benzene rings is 2. The molecule has 3 amide bonds. The number of ether oxygens (including phenoxy) is 2. The molecule has 2 heterocycles. The quantitative estimate of drug-likeness (QED) is 0.697. The molecule has 0 aliphatic carbocycles. The zero-order chi connectivity index (χ0) is 22.3. The van der Waals surface area contributed by atoms with Crippen molar-refractivity contribution >= 4 is 23.7 Å². The summed E-state index contributed by atoms with van der Waals surface area (Å²) in [5, 5.41) is 5.43. The van der Waals surface area contributed by atoms with E-state index in [0.29, 0.717) is 50.0 Å². The average Bonchev–Trinajstić information content (AvgIpc) is 2.81. The van der Waals surface area contributed by atoms with Crippen molar-refractivity contribution in [3.05, 3.63) is 59.9 Å². The molecule has 2 aliphatic heterocycles. The van der Waals surface area contributed by atoms with Crippen molar-refractivity contribution in [2.45, 2.75) is 12.8 Å². The predicted molar refractivity (Wildman–Crippen MR) is 119 cm³/mol. The third kappa shape index (κ3) is 5.78. The third-order valence-corrected chi connectivity index (χ3v) is 5.45. The third-order valence-electron chi connectivity index (χ3n) is 5.45. The van der Waals surface area contributed by atoms with Crippen LogP contribution in [0.4, 0.5) is 14.9 Å². The Labute approximate surface area is 186 Å². The van der Waals surface area contributed by atoms with Crippen LogP contribution in [0.1, 0.15) is 18.4 Å². The Kier molecular flexibility index (Phi) is 6.89. The van der Waals surface area contributed by atoms with E-state index in [2.05, 4.69) is 10.6 Å². The number of likely N-dealkylation sites (tertiary alicyclic amines) is 1. The van der Waals surface area contributed by atoms with Gasteiger partial charge in [0.1, 0.15) is 19.0 Å². The number of halogens is 1. The minimum absolute atomic E-state index is 0.0613. The first-order valence-corrected chi connectivity index (χ1v) is 10.7. The van der Waals surface area contributed by atoms with Crippen LogP contribution in [0, 0.1) is 11.7 Å². The van der Waals surface area contributed by atoms with Crippen LogP contribution in [0.15, 0.2) is 48.5 Å². The van der Waals surface area contributed by atoms with Gasteiger partial charge in [-0.15, -0.1) is 0 Å². The van der Waals surface area contributed by atoms with Crippen LogP contribution in [0.3, 0.4) is 0 Å². The molecule has 0 saturated carbocycles. The van der Waals surface area contributed by atoms with E-state index >= 15 is 0 Å². The van der Waals surface area contributed by atoms with E-state index < -0.39 is 11.8 Å². The van der Waals surface area contributed by atoms with Gasteiger partial charge in [0, 0.05) is 31.4 Å². The standard InChI is InChI=1S/C24H26FN3O4/c25-19-4-1-5-20(14-19)27-24(30)26-15-18-3-2-10-28(16-18)23(29)9-7-17-6-8-21-22(13-17)32-12-11-31-21/h1,4-9,13-14,18H,2-3,10-12,15-16H2,(H2,26,27,30)/b9-7+. The molecule has 168 valence electrons. The molecule has 7 nitrogen and oxygen atoms in total. The number of urea groups is 1. The molecule has 0 aromatic heterocycles. The fourth-order valence-electron chi connectivity index (χ4n) is 3.85. The summed E-state index contributed by atoms with van der Waals surface area (Å²) in [6, 6.07) is 10.9. The van der Waals surface area contributed by atoms with E-state index in [1.54, 1.807) is 23.1 Å². The molecule has 2 aromatic carbocycles. The topological polar surface area (TPSA) is 79.9 Å². The number of nitrogens with zero attached hydrogens (tertiary/aromatic N) is 1. The number of rotatable bonds is 5. The normalized spacial score (nSPS) is 17.8. The summed E-state index contributed by atoms with van der Waals surface area (Å²) in [5.41, 5.74) is 1.26. The molecular formula is C24H26FN3O4. The average molecular weight is 439 g/mol. The minimum Gasteiger partial charge on any atom is -0.486 e. The molecule has 32 heavy (non-hydrogen) atoms. The van der Waals surface area contributed by atoms with Crippen molar-refractivity contribution in [3.8, 4) is 11.5 Å². The van der Waals surface area contributed by atoms with Crippen LogP contribution in [0.5, 0.6) is 11.5 Å². The maximum atomic E-state index is 13.2. The van der Waals surface area contributed by atoms with E-state index in [1.165, 1.54) is 18.2 Å². The Morgan fingerprint density at radius 3 is 2.81 bits per heavy atom. The molecule has 0 spiro atoms. The summed E-state index contributed by atoms with van der Waals surface area (Å²) in [6.45, 7) is 2.76. The molecule has 2 N–H and O–H groups in total. The van der Waals surface area contributed by atoms with Crippen LogP contribution < -0.4 is 20.1 Å². The maximum absolute atomic E-state index is 13.2. The molecule has 1 atom stereocenters. The van der Waals surface area contributed by atoms with E-state index in [9.17, 15) is 14.0 Å². The van der Waals surface area contributed by atoms with Gasteiger partial charge in [-0.3, -0.25) is 4.79 Å². The van der Waals surface area contributed by atoms with Crippen molar-refractivity contribution < 1.29 is 23.5 Å². The summed E-state index contributed by atoms with van der Waals surface area (Å²) in [6.07, 6.45) is 5.14. The SMILES string of the molecule is O=C(NCC1CCCN(C(=O)/C=C/c2ccc3c(c2)OCCO3)C1)Nc1cccc(F)c1. The molecule has 1 fully saturated rings. The molecule has 1 unspecified atom stereocenters. The number of anilines is 1. The van der Waals surface area contributed by atoms with Gasteiger partial charge in [0.2, 0.25) is 5.91 Å². The molecule has 1 saturated heterocycles. The van der Waals surface area contributed by atoms with Gasteiger partial charge >= 0.3 is 6.03 Å². The van der Waals surface area contributed by atoms with E-state index in [-0.39, 0.29) is 11.8 Å². The van der Waals surface area contributed by atoms with E-state index in [4.69, 9.17) is 9.47 Å². The number of carbonyl (C=O) groups is 2. The number of fused-ring (bicyclic) bond motifs is 1. The van der Waals surface area contributed by atoms with Crippen molar-refractivity contribution in [2.24, 2.45) is 5.92 Å². The van der Waals surface area contributed by atoms with Crippen LogP contribution in [0.25, 0.3) is 6.08 Å². The lowest BCUT2D eigenvalue weighted by atomic mass is 9.98. The number of carbonyl (C=O) groups excluding carboxylic acids is 2. The highest BCUT2D eigenvalue weighted by atomic mass is 19.1. The van der Waals surface area contributed by atoms with Gasteiger partial charge in [-0.2, -0.15) is 0 Å². The molecule has 8 heteroatoms. The fourth-order valence-corrected chi connectivity index (χ4v) is 3.85. The van der Waals surface area contributed by atoms with Crippen molar-refractivity contribution in [1.82, 2.24) is 10.2 Å². The zero-order valence-corrected chi connectivity index (χ0v) is 17.7. The van der Waals surface area contributed by atoms with Crippen molar-refractivity contribution in [1.29, 1.82) is 0 Å². The first-order chi connectivity index (χ1) is 15.6. The molecule has 4 rings (SSSR count). The number of hydrogen-bond acceptors (Lipinski definition) is 4. The fraction of sp³-hybridized carbons (Fsp3) is 0.333. The van der Waals surface area contributed by atoms with Gasteiger partial charge in [0.15, 0.2) is 11.5 Å². The minimum atomic E-state index is -0.409. The molecular weight excluding hydrogens is 413 g/mol. The Balaban J connectivity index is 1.26. The second kappa shape index (κ2) is 10.2. The molecule has 0 radical (unpaired) electrons. The molecule has 2 aliphatic rings.